The summed E-state index contributed by atoms with van der Waals surface area (Å²) in [5.74, 6) is -1.63. The fourth-order valence-corrected chi connectivity index (χ4v) is 2.72. The maximum Gasteiger partial charge on any atom is 0.335 e. The first-order valence-corrected chi connectivity index (χ1v) is 8.53. The number of pyridine rings is 1. The van der Waals surface area contributed by atoms with Crippen molar-refractivity contribution in [2.75, 3.05) is 25.9 Å². The van der Waals surface area contributed by atoms with Crippen LogP contribution in [-0.2, 0) is 10.0 Å². The van der Waals surface area contributed by atoms with Gasteiger partial charge in [-0.05, 0) is 18.6 Å². The standard InChI is InChI=1S/C13H19N3O5S/c1-3-16(22(2,20)21)8-4-6-15-12(17)11-9-10(13(18)19)5-7-14-11/h5,7,9H,3-4,6,8H2,1-2H3,(H,15,17)(H,18,19). The Morgan fingerprint density at radius 1 is 1.41 bits per heavy atom. The molecule has 0 fully saturated rings. The zero-order valence-corrected chi connectivity index (χ0v) is 13.3. The smallest absolute Gasteiger partial charge is 0.335 e. The molecule has 0 radical (unpaired) electrons. The first kappa shape index (κ1) is 18.1. The van der Waals surface area contributed by atoms with E-state index in [0.717, 1.165) is 6.26 Å². The largest absolute Gasteiger partial charge is 0.478 e. The highest BCUT2D eigenvalue weighted by molar-refractivity contribution is 7.88. The number of carboxylic acid groups (broad SMARTS) is 1. The van der Waals surface area contributed by atoms with Crippen LogP contribution in [0.5, 0.6) is 0 Å². The zero-order valence-electron chi connectivity index (χ0n) is 12.4. The molecular formula is C13H19N3O5S. The lowest BCUT2D eigenvalue weighted by atomic mass is 10.2. The van der Waals surface area contributed by atoms with Crippen molar-refractivity contribution < 1.29 is 23.1 Å². The van der Waals surface area contributed by atoms with E-state index in [-0.39, 0.29) is 17.8 Å². The molecule has 0 spiro atoms. The lowest BCUT2D eigenvalue weighted by molar-refractivity contribution is 0.0696. The normalized spacial score (nSPS) is 11.4. The summed E-state index contributed by atoms with van der Waals surface area (Å²) < 4.78 is 24.1. The molecule has 0 aromatic carbocycles. The van der Waals surface area contributed by atoms with Crippen LogP contribution in [0.3, 0.4) is 0 Å². The number of carboxylic acids is 1. The number of hydrogen-bond acceptors (Lipinski definition) is 5. The number of carbonyl (C=O) groups excluding carboxylic acids is 1. The molecule has 8 nitrogen and oxygen atoms in total. The lowest BCUT2D eigenvalue weighted by Gasteiger charge is -2.17. The van der Waals surface area contributed by atoms with Gasteiger partial charge in [-0.15, -0.1) is 0 Å². The molecule has 9 heteroatoms. The minimum Gasteiger partial charge on any atom is -0.478 e. The van der Waals surface area contributed by atoms with Crippen molar-refractivity contribution in [1.82, 2.24) is 14.6 Å². The number of amides is 1. The highest BCUT2D eigenvalue weighted by atomic mass is 32.2. The van der Waals surface area contributed by atoms with Crippen molar-refractivity contribution in [3.8, 4) is 0 Å². The molecule has 0 atom stereocenters. The quantitative estimate of drug-likeness (QED) is 0.657. The van der Waals surface area contributed by atoms with Gasteiger partial charge in [0, 0.05) is 25.8 Å². The molecule has 1 aromatic heterocycles. The van der Waals surface area contributed by atoms with E-state index in [9.17, 15) is 18.0 Å². The molecule has 22 heavy (non-hydrogen) atoms. The van der Waals surface area contributed by atoms with E-state index in [0.29, 0.717) is 19.5 Å². The highest BCUT2D eigenvalue weighted by Crippen LogP contribution is 2.02. The van der Waals surface area contributed by atoms with Crippen molar-refractivity contribution in [2.45, 2.75) is 13.3 Å². The molecule has 0 unspecified atom stereocenters. The second kappa shape index (κ2) is 7.85. The average molecular weight is 329 g/mol. The molecule has 0 saturated carbocycles. The Morgan fingerprint density at radius 3 is 2.64 bits per heavy atom. The summed E-state index contributed by atoms with van der Waals surface area (Å²) >= 11 is 0. The van der Waals surface area contributed by atoms with Gasteiger partial charge in [-0.3, -0.25) is 9.78 Å². The number of aromatic nitrogens is 1. The predicted octanol–water partition coefficient (Wildman–Crippen LogP) is 0.181. The fourth-order valence-electron chi connectivity index (χ4n) is 1.79. The van der Waals surface area contributed by atoms with Gasteiger partial charge in [-0.1, -0.05) is 6.92 Å². The lowest BCUT2D eigenvalue weighted by Crippen LogP contribution is -2.33. The summed E-state index contributed by atoms with van der Waals surface area (Å²) in [6.07, 6.45) is 2.84. The monoisotopic (exact) mass is 329 g/mol. The Labute approximate surface area is 129 Å². The number of nitrogens with one attached hydrogen (secondary N) is 1. The van der Waals surface area contributed by atoms with Crippen molar-refractivity contribution >= 4 is 21.9 Å². The number of carbonyl (C=O) groups is 2. The van der Waals surface area contributed by atoms with Gasteiger partial charge in [0.25, 0.3) is 5.91 Å². The molecule has 122 valence electrons. The van der Waals surface area contributed by atoms with E-state index in [1.807, 2.05) is 0 Å². The van der Waals surface area contributed by atoms with E-state index in [1.165, 1.54) is 22.6 Å². The molecule has 1 rings (SSSR count). The summed E-state index contributed by atoms with van der Waals surface area (Å²) in [5, 5.41) is 11.4. The molecule has 0 aliphatic heterocycles. The van der Waals surface area contributed by atoms with Crippen LogP contribution in [0.15, 0.2) is 18.3 Å². The molecule has 0 aliphatic rings. The molecule has 0 saturated heterocycles. The van der Waals surface area contributed by atoms with Crippen LogP contribution in [-0.4, -0.2) is 60.6 Å². The van der Waals surface area contributed by atoms with Gasteiger partial charge in [0.1, 0.15) is 5.69 Å². The van der Waals surface area contributed by atoms with Crippen LogP contribution in [0.2, 0.25) is 0 Å². The van der Waals surface area contributed by atoms with Crippen LogP contribution in [0.4, 0.5) is 0 Å². The second-order valence-corrected chi connectivity index (χ2v) is 6.58. The Morgan fingerprint density at radius 2 is 2.09 bits per heavy atom. The van der Waals surface area contributed by atoms with Crippen molar-refractivity contribution in [3.63, 3.8) is 0 Å². The topological polar surface area (TPSA) is 117 Å². The molecule has 0 aliphatic carbocycles. The van der Waals surface area contributed by atoms with E-state index < -0.39 is 21.9 Å². The van der Waals surface area contributed by atoms with E-state index in [2.05, 4.69) is 10.3 Å². The summed E-state index contributed by atoms with van der Waals surface area (Å²) in [7, 11) is -3.24. The first-order chi connectivity index (χ1) is 10.3. The van der Waals surface area contributed by atoms with Gasteiger partial charge >= 0.3 is 5.97 Å². The number of nitrogens with zero attached hydrogens (tertiary/aromatic N) is 2. The van der Waals surface area contributed by atoms with Gasteiger partial charge in [-0.25, -0.2) is 17.5 Å². The second-order valence-electron chi connectivity index (χ2n) is 4.60. The Bertz CT molecular complexity index is 645. The van der Waals surface area contributed by atoms with Crippen LogP contribution >= 0.6 is 0 Å². The van der Waals surface area contributed by atoms with Crippen LogP contribution in [0.1, 0.15) is 34.2 Å². The number of sulfonamides is 1. The maximum absolute atomic E-state index is 11.8. The molecule has 1 amide bonds. The third-order valence-electron chi connectivity index (χ3n) is 2.93. The first-order valence-electron chi connectivity index (χ1n) is 6.68. The maximum atomic E-state index is 11.8. The average Bonchev–Trinajstić information content (AvgIpc) is 2.45. The third kappa shape index (κ3) is 5.41. The zero-order chi connectivity index (χ0) is 16.8. The number of rotatable bonds is 8. The summed E-state index contributed by atoms with van der Waals surface area (Å²) in [6, 6.07) is 2.48. The van der Waals surface area contributed by atoms with Gasteiger partial charge < -0.3 is 10.4 Å². The van der Waals surface area contributed by atoms with E-state index in [4.69, 9.17) is 5.11 Å². The van der Waals surface area contributed by atoms with E-state index >= 15 is 0 Å². The summed E-state index contributed by atoms with van der Waals surface area (Å²) in [4.78, 5) is 26.5. The highest BCUT2D eigenvalue weighted by Gasteiger charge is 2.14. The van der Waals surface area contributed by atoms with Crippen molar-refractivity contribution in [3.05, 3.63) is 29.6 Å². The minimum atomic E-state index is -3.24. The van der Waals surface area contributed by atoms with Gasteiger partial charge in [0.2, 0.25) is 10.0 Å². The SMILES string of the molecule is CCN(CCCNC(=O)c1cc(C(=O)O)ccn1)S(C)(=O)=O. The van der Waals surface area contributed by atoms with Gasteiger partial charge in [0.15, 0.2) is 0 Å². The van der Waals surface area contributed by atoms with Gasteiger partial charge in [-0.2, -0.15) is 0 Å². The van der Waals surface area contributed by atoms with Crippen LogP contribution in [0, 0.1) is 0 Å². The van der Waals surface area contributed by atoms with Crippen LogP contribution in [0.25, 0.3) is 0 Å². The fraction of sp³-hybridized carbons (Fsp3) is 0.462. The van der Waals surface area contributed by atoms with Crippen molar-refractivity contribution in [1.29, 1.82) is 0 Å². The number of hydrogen-bond donors (Lipinski definition) is 2. The third-order valence-corrected chi connectivity index (χ3v) is 4.31. The minimum absolute atomic E-state index is 0.00959. The van der Waals surface area contributed by atoms with Gasteiger partial charge in [0.05, 0.1) is 11.8 Å². The number of aromatic carboxylic acids is 1. The summed E-state index contributed by atoms with van der Waals surface area (Å²) in [5.41, 5.74) is -0.00950. The Hall–Kier alpha value is -2.00. The molecular weight excluding hydrogens is 310 g/mol. The molecule has 1 aromatic rings. The summed E-state index contributed by atoms with van der Waals surface area (Å²) in [6.45, 7) is 2.68. The van der Waals surface area contributed by atoms with Crippen LogP contribution < -0.4 is 5.32 Å². The molecule has 0 bridgehead atoms. The predicted molar refractivity (Wildman–Crippen MR) is 80.2 cm³/mol. The Kier molecular flexibility index (Phi) is 6.44. The van der Waals surface area contributed by atoms with Crippen molar-refractivity contribution in [2.24, 2.45) is 0 Å². The molecule has 1 heterocycles. The Balaban J connectivity index is 2.50. The molecule has 2 N–H and O–H groups in total. The van der Waals surface area contributed by atoms with E-state index in [1.54, 1.807) is 6.92 Å².